The van der Waals surface area contributed by atoms with E-state index in [9.17, 15) is 4.39 Å². The fraction of sp³-hybridized carbons (Fsp3) is 0.143. The van der Waals surface area contributed by atoms with Crippen molar-refractivity contribution in [3.8, 4) is 11.5 Å². The molecule has 18 heavy (non-hydrogen) atoms. The van der Waals surface area contributed by atoms with Gasteiger partial charge in [-0.25, -0.2) is 4.39 Å². The van der Waals surface area contributed by atoms with Crippen molar-refractivity contribution in [2.75, 3.05) is 7.11 Å². The van der Waals surface area contributed by atoms with Crippen LogP contribution in [0.2, 0.25) is 5.02 Å². The Labute approximate surface area is 110 Å². The van der Waals surface area contributed by atoms with Crippen molar-refractivity contribution in [1.29, 1.82) is 0 Å². The van der Waals surface area contributed by atoms with Gasteiger partial charge in [0.1, 0.15) is 23.9 Å². The third kappa shape index (κ3) is 3.14. The standard InChI is InChI=1S/C14H12ClFO2/c1-17-12-6-7-13(15)14(8-12)18-9-10-2-4-11(16)5-3-10/h2-8H,9H2,1H3. The summed E-state index contributed by atoms with van der Waals surface area (Å²) in [5, 5.41) is 0.512. The molecule has 94 valence electrons. The van der Waals surface area contributed by atoms with Crippen molar-refractivity contribution in [3.05, 3.63) is 58.9 Å². The van der Waals surface area contributed by atoms with Gasteiger partial charge >= 0.3 is 0 Å². The third-order valence-electron chi connectivity index (χ3n) is 2.45. The first kappa shape index (κ1) is 12.7. The van der Waals surface area contributed by atoms with Crippen LogP contribution in [0.1, 0.15) is 5.56 Å². The molecule has 0 aromatic heterocycles. The van der Waals surface area contributed by atoms with Gasteiger partial charge in [0.2, 0.25) is 0 Å². The lowest BCUT2D eigenvalue weighted by molar-refractivity contribution is 0.303. The molecular formula is C14H12ClFO2. The minimum Gasteiger partial charge on any atom is -0.497 e. The monoisotopic (exact) mass is 266 g/mol. The van der Waals surface area contributed by atoms with E-state index in [0.717, 1.165) is 5.56 Å². The van der Waals surface area contributed by atoms with Crippen molar-refractivity contribution in [2.24, 2.45) is 0 Å². The van der Waals surface area contributed by atoms with Crippen LogP contribution in [0, 0.1) is 5.82 Å². The summed E-state index contributed by atoms with van der Waals surface area (Å²) in [7, 11) is 1.58. The SMILES string of the molecule is COc1ccc(Cl)c(OCc2ccc(F)cc2)c1. The molecular weight excluding hydrogens is 255 g/mol. The molecule has 0 amide bonds. The molecule has 0 radical (unpaired) electrons. The van der Waals surface area contributed by atoms with E-state index in [4.69, 9.17) is 21.1 Å². The number of hydrogen-bond donors (Lipinski definition) is 0. The molecule has 0 aliphatic carbocycles. The van der Waals surface area contributed by atoms with E-state index in [-0.39, 0.29) is 5.82 Å². The molecule has 0 heterocycles. The van der Waals surface area contributed by atoms with Crippen molar-refractivity contribution in [2.45, 2.75) is 6.61 Å². The number of methoxy groups -OCH3 is 1. The molecule has 0 aliphatic rings. The van der Waals surface area contributed by atoms with Crippen LogP contribution < -0.4 is 9.47 Å². The second-order valence-corrected chi connectivity index (χ2v) is 4.12. The first-order valence-electron chi connectivity index (χ1n) is 5.40. The van der Waals surface area contributed by atoms with Crippen molar-refractivity contribution >= 4 is 11.6 Å². The van der Waals surface area contributed by atoms with Gasteiger partial charge in [0.25, 0.3) is 0 Å². The molecule has 2 rings (SSSR count). The molecule has 4 heteroatoms. The molecule has 0 spiro atoms. The summed E-state index contributed by atoms with van der Waals surface area (Å²) in [6.07, 6.45) is 0. The highest BCUT2D eigenvalue weighted by atomic mass is 35.5. The van der Waals surface area contributed by atoms with Crippen LogP contribution in [0.5, 0.6) is 11.5 Å². The number of benzene rings is 2. The molecule has 0 bridgehead atoms. The van der Waals surface area contributed by atoms with E-state index in [0.29, 0.717) is 23.1 Å². The second-order valence-electron chi connectivity index (χ2n) is 3.71. The van der Waals surface area contributed by atoms with Gasteiger partial charge in [0.15, 0.2) is 0 Å². The molecule has 0 aliphatic heterocycles. The molecule has 2 aromatic carbocycles. The molecule has 0 fully saturated rings. The van der Waals surface area contributed by atoms with Crippen LogP contribution in [0.3, 0.4) is 0 Å². The highest BCUT2D eigenvalue weighted by Crippen LogP contribution is 2.29. The van der Waals surface area contributed by atoms with E-state index in [1.807, 2.05) is 0 Å². The summed E-state index contributed by atoms with van der Waals surface area (Å²) < 4.78 is 23.4. The zero-order valence-electron chi connectivity index (χ0n) is 9.82. The van der Waals surface area contributed by atoms with E-state index in [1.165, 1.54) is 12.1 Å². The zero-order valence-corrected chi connectivity index (χ0v) is 10.6. The first-order chi connectivity index (χ1) is 8.69. The van der Waals surface area contributed by atoms with Gasteiger partial charge in [-0.1, -0.05) is 23.7 Å². The number of ether oxygens (including phenoxy) is 2. The summed E-state index contributed by atoms with van der Waals surface area (Å²) in [6, 6.07) is 11.3. The zero-order chi connectivity index (χ0) is 13.0. The van der Waals surface area contributed by atoms with Gasteiger partial charge in [-0.05, 0) is 29.8 Å². The number of hydrogen-bond acceptors (Lipinski definition) is 2. The third-order valence-corrected chi connectivity index (χ3v) is 2.76. The number of halogens is 2. The quantitative estimate of drug-likeness (QED) is 0.831. The fourth-order valence-electron chi connectivity index (χ4n) is 1.46. The highest BCUT2D eigenvalue weighted by molar-refractivity contribution is 6.32. The summed E-state index contributed by atoms with van der Waals surface area (Å²) in [5.41, 5.74) is 0.871. The maximum absolute atomic E-state index is 12.7. The lowest BCUT2D eigenvalue weighted by Gasteiger charge is -2.09. The Morgan fingerprint density at radius 2 is 1.83 bits per heavy atom. The molecule has 2 nitrogen and oxygen atoms in total. The van der Waals surface area contributed by atoms with Crippen LogP contribution in [0.25, 0.3) is 0 Å². The Bertz CT molecular complexity index is 526. The summed E-state index contributed by atoms with van der Waals surface area (Å²) in [5.74, 6) is 0.951. The van der Waals surface area contributed by atoms with Gasteiger partial charge in [-0.15, -0.1) is 0 Å². The largest absolute Gasteiger partial charge is 0.497 e. The highest BCUT2D eigenvalue weighted by Gasteiger charge is 2.04. The molecule has 0 saturated carbocycles. The Hall–Kier alpha value is -1.74. The van der Waals surface area contributed by atoms with Crippen molar-refractivity contribution < 1.29 is 13.9 Å². The molecule has 0 N–H and O–H groups in total. The van der Waals surface area contributed by atoms with Crippen LogP contribution in [0.4, 0.5) is 4.39 Å². The van der Waals surface area contributed by atoms with Crippen molar-refractivity contribution in [1.82, 2.24) is 0 Å². The molecule has 0 saturated heterocycles. The summed E-state index contributed by atoms with van der Waals surface area (Å²) in [6.45, 7) is 0.327. The number of rotatable bonds is 4. The smallest absolute Gasteiger partial charge is 0.142 e. The van der Waals surface area contributed by atoms with Crippen LogP contribution in [0.15, 0.2) is 42.5 Å². The second kappa shape index (κ2) is 5.74. The average Bonchev–Trinajstić information content (AvgIpc) is 2.40. The van der Waals surface area contributed by atoms with Gasteiger partial charge in [-0.3, -0.25) is 0 Å². The van der Waals surface area contributed by atoms with E-state index in [2.05, 4.69) is 0 Å². The predicted octanol–water partition coefficient (Wildman–Crippen LogP) is 4.07. The lowest BCUT2D eigenvalue weighted by Crippen LogP contribution is -1.96. The van der Waals surface area contributed by atoms with Crippen LogP contribution >= 0.6 is 11.6 Å². The van der Waals surface area contributed by atoms with Gasteiger partial charge in [-0.2, -0.15) is 0 Å². The average molecular weight is 267 g/mol. The normalized spacial score (nSPS) is 10.2. The van der Waals surface area contributed by atoms with Crippen LogP contribution in [-0.4, -0.2) is 7.11 Å². The molecule has 0 atom stereocenters. The predicted molar refractivity (Wildman–Crippen MR) is 68.7 cm³/mol. The Morgan fingerprint density at radius 3 is 2.50 bits per heavy atom. The Kier molecular flexibility index (Phi) is 4.05. The molecule has 0 unspecified atom stereocenters. The van der Waals surface area contributed by atoms with Crippen molar-refractivity contribution in [3.63, 3.8) is 0 Å². The maximum atomic E-state index is 12.7. The van der Waals surface area contributed by atoms with Gasteiger partial charge in [0, 0.05) is 6.07 Å². The van der Waals surface area contributed by atoms with Gasteiger partial charge in [0.05, 0.1) is 12.1 Å². The van der Waals surface area contributed by atoms with E-state index in [1.54, 1.807) is 37.4 Å². The van der Waals surface area contributed by atoms with E-state index < -0.39 is 0 Å². The lowest BCUT2D eigenvalue weighted by atomic mass is 10.2. The Balaban J connectivity index is 2.07. The molecule has 2 aromatic rings. The van der Waals surface area contributed by atoms with Gasteiger partial charge < -0.3 is 9.47 Å². The maximum Gasteiger partial charge on any atom is 0.142 e. The fourth-order valence-corrected chi connectivity index (χ4v) is 1.64. The minimum atomic E-state index is -0.266. The minimum absolute atomic E-state index is 0.266. The topological polar surface area (TPSA) is 18.5 Å². The van der Waals surface area contributed by atoms with E-state index >= 15 is 0 Å². The summed E-state index contributed by atoms with van der Waals surface area (Å²) >= 11 is 6.00. The Morgan fingerprint density at radius 1 is 1.11 bits per heavy atom. The first-order valence-corrected chi connectivity index (χ1v) is 5.77. The van der Waals surface area contributed by atoms with Crippen LogP contribution in [-0.2, 0) is 6.61 Å². The summed E-state index contributed by atoms with van der Waals surface area (Å²) in [4.78, 5) is 0.